The largest absolute Gasteiger partial charge is 0.353 e. The first kappa shape index (κ1) is 18.6. The Hall–Kier alpha value is -2.14. The number of aryl methyl sites for hydroxylation is 1. The third-order valence-electron chi connectivity index (χ3n) is 4.91. The van der Waals surface area contributed by atoms with Crippen molar-refractivity contribution < 1.29 is 9.59 Å². The smallest absolute Gasteiger partial charge is 0.263 e. The summed E-state index contributed by atoms with van der Waals surface area (Å²) in [5, 5.41) is 5.05. The molecule has 26 heavy (non-hydrogen) atoms. The Morgan fingerprint density at radius 2 is 2.04 bits per heavy atom. The molecule has 1 aliphatic rings. The van der Waals surface area contributed by atoms with Crippen molar-refractivity contribution in [2.24, 2.45) is 5.92 Å². The standard InChI is InChI=1S/C21H26N2O2S/c1-16(11-12-17-7-3-2-4-8-17)22-20(24)18-9-5-13-23(15-18)21(25)19-10-6-14-26-19/h2-4,6-8,10,14,16,18H,5,9,11-13,15H2,1H3,(H,22,24)/t16-,18-/m0/s1. The van der Waals surface area contributed by atoms with Crippen molar-refractivity contribution in [3.63, 3.8) is 0 Å². The molecule has 0 unspecified atom stereocenters. The van der Waals surface area contributed by atoms with E-state index in [1.54, 1.807) is 0 Å². The number of benzene rings is 1. The average molecular weight is 371 g/mol. The van der Waals surface area contributed by atoms with Gasteiger partial charge in [-0.05, 0) is 49.6 Å². The molecule has 0 aliphatic carbocycles. The van der Waals surface area contributed by atoms with Gasteiger partial charge in [-0.25, -0.2) is 0 Å². The number of carbonyl (C=O) groups excluding carboxylic acids is 2. The van der Waals surface area contributed by atoms with Crippen molar-refractivity contribution in [1.29, 1.82) is 0 Å². The number of piperidine rings is 1. The Labute approximate surface area is 159 Å². The van der Waals surface area contributed by atoms with Crippen molar-refractivity contribution in [3.8, 4) is 0 Å². The predicted molar refractivity (Wildman–Crippen MR) is 105 cm³/mol. The molecule has 2 amide bonds. The van der Waals surface area contributed by atoms with Crippen molar-refractivity contribution in [2.45, 2.75) is 38.6 Å². The van der Waals surface area contributed by atoms with E-state index < -0.39 is 0 Å². The molecule has 1 aromatic carbocycles. The molecule has 1 saturated heterocycles. The van der Waals surface area contributed by atoms with E-state index >= 15 is 0 Å². The number of hydrogen-bond acceptors (Lipinski definition) is 3. The minimum absolute atomic E-state index is 0.0506. The molecule has 1 aliphatic heterocycles. The van der Waals surface area contributed by atoms with Crippen LogP contribution in [0.15, 0.2) is 47.8 Å². The molecule has 0 radical (unpaired) electrons. The van der Waals surface area contributed by atoms with Crippen LogP contribution in [0.2, 0.25) is 0 Å². The van der Waals surface area contributed by atoms with Gasteiger partial charge in [-0.1, -0.05) is 36.4 Å². The monoisotopic (exact) mass is 370 g/mol. The van der Waals surface area contributed by atoms with Crippen LogP contribution in [0.25, 0.3) is 0 Å². The third kappa shape index (κ3) is 4.94. The summed E-state index contributed by atoms with van der Waals surface area (Å²) in [6.07, 6.45) is 3.61. The van der Waals surface area contributed by atoms with Crippen molar-refractivity contribution in [1.82, 2.24) is 10.2 Å². The van der Waals surface area contributed by atoms with Crippen LogP contribution >= 0.6 is 11.3 Å². The molecule has 2 heterocycles. The highest BCUT2D eigenvalue weighted by Crippen LogP contribution is 2.21. The van der Waals surface area contributed by atoms with Gasteiger partial charge in [0.2, 0.25) is 5.91 Å². The normalized spacial score (nSPS) is 18.3. The number of hydrogen-bond donors (Lipinski definition) is 1. The van der Waals surface area contributed by atoms with Gasteiger partial charge in [-0.15, -0.1) is 11.3 Å². The summed E-state index contributed by atoms with van der Waals surface area (Å²) in [6, 6.07) is 14.2. The molecule has 138 valence electrons. The lowest BCUT2D eigenvalue weighted by Crippen LogP contribution is -2.47. The van der Waals surface area contributed by atoms with Gasteiger partial charge >= 0.3 is 0 Å². The Balaban J connectivity index is 1.48. The van der Waals surface area contributed by atoms with Gasteiger partial charge in [-0.3, -0.25) is 9.59 Å². The second kappa shape index (κ2) is 8.99. The first-order valence-electron chi connectivity index (χ1n) is 9.30. The zero-order chi connectivity index (χ0) is 18.4. The summed E-state index contributed by atoms with van der Waals surface area (Å²) >= 11 is 1.46. The van der Waals surface area contributed by atoms with E-state index in [-0.39, 0.29) is 23.8 Å². The van der Waals surface area contributed by atoms with Crippen LogP contribution in [0.5, 0.6) is 0 Å². The van der Waals surface area contributed by atoms with Gasteiger partial charge in [0, 0.05) is 19.1 Å². The molecule has 1 fully saturated rings. The summed E-state index contributed by atoms with van der Waals surface area (Å²) < 4.78 is 0. The van der Waals surface area contributed by atoms with E-state index in [0.717, 1.165) is 37.1 Å². The van der Waals surface area contributed by atoms with E-state index in [1.807, 2.05) is 40.6 Å². The van der Waals surface area contributed by atoms with Crippen molar-refractivity contribution >= 4 is 23.2 Å². The van der Waals surface area contributed by atoms with Crippen molar-refractivity contribution in [3.05, 3.63) is 58.3 Å². The lowest BCUT2D eigenvalue weighted by molar-refractivity contribution is -0.127. The zero-order valence-electron chi connectivity index (χ0n) is 15.2. The summed E-state index contributed by atoms with van der Waals surface area (Å²) in [6.45, 7) is 3.32. The number of likely N-dealkylation sites (tertiary alicyclic amines) is 1. The molecule has 0 bridgehead atoms. The highest BCUT2D eigenvalue weighted by molar-refractivity contribution is 7.12. The maximum atomic E-state index is 12.6. The van der Waals surface area contributed by atoms with Gasteiger partial charge in [-0.2, -0.15) is 0 Å². The molecular weight excluding hydrogens is 344 g/mol. The van der Waals surface area contributed by atoms with Gasteiger partial charge < -0.3 is 10.2 Å². The Morgan fingerprint density at radius 3 is 2.77 bits per heavy atom. The Kier molecular flexibility index (Phi) is 6.45. The van der Waals surface area contributed by atoms with Gasteiger partial charge in [0.25, 0.3) is 5.91 Å². The highest BCUT2D eigenvalue weighted by Gasteiger charge is 2.29. The highest BCUT2D eigenvalue weighted by atomic mass is 32.1. The average Bonchev–Trinajstić information content (AvgIpc) is 3.21. The van der Waals surface area contributed by atoms with Crippen LogP contribution in [0, 0.1) is 5.92 Å². The molecule has 0 spiro atoms. The quantitative estimate of drug-likeness (QED) is 0.842. The summed E-state index contributed by atoms with van der Waals surface area (Å²) in [7, 11) is 0. The van der Waals surface area contributed by atoms with Crippen LogP contribution < -0.4 is 5.32 Å². The van der Waals surface area contributed by atoms with E-state index in [9.17, 15) is 9.59 Å². The lowest BCUT2D eigenvalue weighted by Gasteiger charge is -2.32. The van der Waals surface area contributed by atoms with Gasteiger partial charge in [0.05, 0.1) is 10.8 Å². The second-order valence-corrected chi connectivity index (χ2v) is 7.95. The number of amides is 2. The fourth-order valence-corrected chi connectivity index (χ4v) is 4.08. The number of rotatable bonds is 6. The Morgan fingerprint density at radius 1 is 1.23 bits per heavy atom. The van der Waals surface area contributed by atoms with E-state index in [0.29, 0.717) is 6.54 Å². The molecule has 1 N–H and O–H groups in total. The van der Waals surface area contributed by atoms with Gasteiger partial charge in [0.1, 0.15) is 0 Å². The predicted octanol–water partition coefficient (Wildman–Crippen LogP) is 3.74. The summed E-state index contributed by atoms with van der Waals surface area (Å²) in [4.78, 5) is 27.7. The molecule has 5 heteroatoms. The van der Waals surface area contributed by atoms with Gasteiger partial charge in [0.15, 0.2) is 0 Å². The third-order valence-corrected chi connectivity index (χ3v) is 5.77. The fraction of sp³-hybridized carbons (Fsp3) is 0.429. The minimum Gasteiger partial charge on any atom is -0.353 e. The van der Waals surface area contributed by atoms with Crippen molar-refractivity contribution in [2.75, 3.05) is 13.1 Å². The lowest BCUT2D eigenvalue weighted by atomic mass is 9.96. The summed E-state index contributed by atoms with van der Waals surface area (Å²) in [5.74, 6) is 0.0238. The van der Waals surface area contributed by atoms with Crippen LogP contribution in [0.4, 0.5) is 0 Å². The number of thiophene rings is 1. The number of carbonyl (C=O) groups is 2. The number of nitrogens with one attached hydrogen (secondary N) is 1. The molecule has 1 aromatic heterocycles. The fourth-order valence-electron chi connectivity index (χ4n) is 3.39. The molecule has 2 aromatic rings. The van der Waals surface area contributed by atoms with Crippen LogP contribution in [0.3, 0.4) is 0 Å². The second-order valence-electron chi connectivity index (χ2n) is 7.00. The first-order chi connectivity index (χ1) is 12.6. The first-order valence-corrected chi connectivity index (χ1v) is 10.2. The summed E-state index contributed by atoms with van der Waals surface area (Å²) in [5.41, 5.74) is 1.29. The maximum Gasteiger partial charge on any atom is 0.263 e. The van der Waals surface area contributed by atoms with Crippen LogP contribution in [-0.4, -0.2) is 35.8 Å². The SMILES string of the molecule is C[C@@H](CCc1ccccc1)NC(=O)[C@H]1CCCN(C(=O)c2cccs2)C1. The molecule has 3 rings (SSSR count). The topological polar surface area (TPSA) is 49.4 Å². The molecular formula is C21H26N2O2S. The molecule has 0 saturated carbocycles. The molecule has 4 nitrogen and oxygen atoms in total. The van der Waals surface area contributed by atoms with E-state index in [4.69, 9.17) is 0 Å². The van der Waals surface area contributed by atoms with Crippen LogP contribution in [0.1, 0.15) is 41.4 Å². The number of nitrogens with zero attached hydrogens (tertiary/aromatic N) is 1. The minimum atomic E-state index is -0.105. The maximum absolute atomic E-state index is 12.6. The van der Waals surface area contributed by atoms with E-state index in [1.165, 1.54) is 16.9 Å². The van der Waals surface area contributed by atoms with Crippen LogP contribution in [-0.2, 0) is 11.2 Å². The Bertz CT molecular complexity index is 715. The zero-order valence-corrected chi connectivity index (χ0v) is 16.0. The molecule has 2 atom stereocenters. The van der Waals surface area contributed by atoms with E-state index in [2.05, 4.69) is 24.4 Å².